The van der Waals surface area contributed by atoms with E-state index < -0.39 is 10.0 Å². The molecular formula is C14H21N3O3S. The first-order valence-electron chi connectivity index (χ1n) is 6.62. The molecule has 0 heterocycles. The van der Waals surface area contributed by atoms with E-state index in [1.54, 1.807) is 19.2 Å². The molecule has 0 aliphatic rings. The Kier molecular flexibility index (Phi) is 7.32. The molecule has 1 N–H and O–H groups in total. The summed E-state index contributed by atoms with van der Waals surface area (Å²) in [6, 6.07) is 8.37. The highest BCUT2D eigenvalue weighted by Crippen LogP contribution is 2.10. The second kappa shape index (κ2) is 8.74. The highest BCUT2D eigenvalue weighted by atomic mass is 32.2. The van der Waals surface area contributed by atoms with Gasteiger partial charge in [0.15, 0.2) is 0 Å². The Bertz CT molecular complexity index is 564. The molecule has 0 aliphatic carbocycles. The van der Waals surface area contributed by atoms with Gasteiger partial charge in [0.05, 0.1) is 24.0 Å². The second-order valence-corrected chi connectivity index (χ2v) is 6.44. The molecule has 0 aromatic heterocycles. The van der Waals surface area contributed by atoms with E-state index in [1.165, 1.54) is 12.1 Å². The molecular weight excluding hydrogens is 290 g/mol. The number of nitrogens with zero attached hydrogens (tertiary/aromatic N) is 2. The van der Waals surface area contributed by atoms with Crippen LogP contribution in [-0.2, 0) is 21.2 Å². The van der Waals surface area contributed by atoms with Gasteiger partial charge in [0, 0.05) is 26.7 Å². The van der Waals surface area contributed by atoms with Crippen LogP contribution in [0.2, 0.25) is 0 Å². The van der Waals surface area contributed by atoms with Gasteiger partial charge in [-0.2, -0.15) is 5.26 Å². The first-order valence-corrected chi connectivity index (χ1v) is 8.11. The Hall–Kier alpha value is -1.46. The Morgan fingerprint density at radius 3 is 2.52 bits per heavy atom. The lowest BCUT2D eigenvalue weighted by molar-refractivity contribution is 0.162. The van der Waals surface area contributed by atoms with Gasteiger partial charge in [0.25, 0.3) is 0 Å². The Labute approximate surface area is 126 Å². The smallest absolute Gasteiger partial charge is 0.240 e. The van der Waals surface area contributed by atoms with Crippen LogP contribution >= 0.6 is 0 Å². The summed E-state index contributed by atoms with van der Waals surface area (Å²) in [5.41, 5.74) is 0.802. The van der Waals surface area contributed by atoms with Crippen molar-refractivity contribution in [1.82, 2.24) is 9.62 Å². The minimum absolute atomic E-state index is 0.212. The molecule has 0 amide bonds. The van der Waals surface area contributed by atoms with E-state index in [4.69, 9.17) is 10.00 Å². The number of hydrogen-bond acceptors (Lipinski definition) is 5. The largest absolute Gasteiger partial charge is 0.383 e. The lowest BCUT2D eigenvalue weighted by atomic mass is 10.2. The average Bonchev–Trinajstić information content (AvgIpc) is 2.46. The SMILES string of the molecule is COCCN(C)CCNS(=O)(=O)c1ccc(CC#N)cc1. The predicted octanol–water partition coefficient (Wildman–Crippen LogP) is 0.609. The Morgan fingerprint density at radius 1 is 1.29 bits per heavy atom. The summed E-state index contributed by atoms with van der Waals surface area (Å²) in [5, 5.41) is 8.58. The van der Waals surface area contributed by atoms with Gasteiger partial charge in [0.1, 0.15) is 0 Å². The van der Waals surface area contributed by atoms with Crippen molar-refractivity contribution in [2.45, 2.75) is 11.3 Å². The molecule has 116 valence electrons. The summed E-state index contributed by atoms with van der Waals surface area (Å²) in [6.07, 6.45) is 0.276. The molecule has 1 rings (SSSR count). The van der Waals surface area contributed by atoms with E-state index in [0.717, 1.165) is 12.1 Å². The van der Waals surface area contributed by atoms with Crippen LogP contribution in [0.15, 0.2) is 29.2 Å². The number of likely N-dealkylation sites (N-methyl/N-ethyl adjacent to an activating group) is 1. The molecule has 0 fully saturated rings. The van der Waals surface area contributed by atoms with Crippen LogP contribution in [0, 0.1) is 11.3 Å². The fraction of sp³-hybridized carbons (Fsp3) is 0.500. The van der Waals surface area contributed by atoms with Crippen molar-refractivity contribution in [2.24, 2.45) is 0 Å². The summed E-state index contributed by atoms with van der Waals surface area (Å²) < 4.78 is 31.7. The van der Waals surface area contributed by atoms with Gasteiger partial charge in [-0.05, 0) is 24.7 Å². The van der Waals surface area contributed by atoms with E-state index in [0.29, 0.717) is 19.7 Å². The summed E-state index contributed by atoms with van der Waals surface area (Å²) in [4.78, 5) is 2.20. The summed E-state index contributed by atoms with van der Waals surface area (Å²) in [7, 11) is 0.0392. The third kappa shape index (κ3) is 6.23. The van der Waals surface area contributed by atoms with Crippen LogP contribution in [0.25, 0.3) is 0 Å². The van der Waals surface area contributed by atoms with Crippen LogP contribution in [0.1, 0.15) is 5.56 Å². The second-order valence-electron chi connectivity index (χ2n) is 4.67. The Balaban J connectivity index is 2.51. The zero-order valence-corrected chi connectivity index (χ0v) is 13.2. The standard InChI is InChI=1S/C14H21N3O3S/c1-17(11-12-20-2)10-9-16-21(18,19)14-5-3-13(4-6-14)7-8-15/h3-6,16H,7,9-12H2,1-2H3. The molecule has 0 unspecified atom stereocenters. The number of nitrogens with one attached hydrogen (secondary N) is 1. The number of benzene rings is 1. The van der Waals surface area contributed by atoms with Crippen molar-refractivity contribution >= 4 is 10.0 Å². The number of nitriles is 1. The van der Waals surface area contributed by atoms with E-state index in [1.807, 2.05) is 18.0 Å². The van der Waals surface area contributed by atoms with Crippen molar-refractivity contribution in [3.05, 3.63) is 29.8 Å². The van der Waals surface area contributed by atoms with Crippen LogP contribution in [0.4, 0.5) is 0 Å². The molecule has 0 aliphatic heterocycles. The normalized spacial score (nSPS) is 11.5. The third-order valence-electron chi connectivity index (χ3n) is 2.98. The molecule has 0 bridgehead atoms. The molecule has 0 radical (unpaired) electrons. The van der Waals surface area contributed by atoms with Gasteiger partial charge in [0.2, 0.25) is 10.0 Å². The van der Waals surface area contributed by atoms with Gasteiger partial charge in [-0.25, -0.2) is 13.1 Å². The van der Waals surface area contributed by atoms with Crippen molar-refractivity contribution in [1.29, 1.82) is 5.26 Å². The highest BCUT2D eigenvalue weighted by Gasteiger charge is 2.13. The molecule has 7 heteroatoms. The maximum atomic E-state index is 12.1. The first-order chi connectivity index (χ1) is 9.99. The minimum atomic E-state index is -3.50. The molecule has 0 atom stereocenters. The van der Waals surface area contributed by atoms with E-state index in [-0.39, 0.29) is 11.3 Å². The van der Waals surface area contributed by atoms with E-state index in [9.17, 15) is 8.42 Å². The van der Waals surface area contributed by atoms with Crippen molar-refractivity contribution in [2.75, 3.05) is 40.4 Å². The average molecular weight is 311 g/mol. The summed E-state index contributed by atoms with van der Waals surface area (Å²) in [6.45, 7) is 2.31. The van der Waals surface area contributed by atoms with Gasteiger partial charge in [-0.3, -0.25) is 0 Å². The summed E-state index contributed by atoms with van der Waals surface area (Å²) >= 11 is 0. The first kappa shape index (κ1) is 17.6. The summed E-state index contributed by atoms with van der Waals surface area (Å²) in [5.74, 6) is 0. The molecule has 0 spiro atoms. The zero-order chi connectivity index (χ0) is 15.7. The van der Waals surface area contributed by atoms with Crippen LogP contribution in [-0.4, -0.2) is 53.7 Å². The number of rotatable bonds is 9. The minimum Gasteiger partial charge on any atom is -0.383 e. The van der Waals surface area contributed by atoms with Crippen LogP contribution in [0.5, 0.6) is 0 Å². The zero-order valence-electron chi connectivity index (χ0n) is 12.4. The van der Waals surface area contributed by atoms with Crippen LogP contribution in [0.3, 0.4) is 0 Å². The molecule has 1 aromatic carbocycles. The maximum Gasteiger partial charge on any atom is 0.240 e. The highest BCUT2D eigenvalue weighted by molar-refractivity contribution is 7.89. The van der Waals surface area contributed by atoms with Crippen molar-refractivity contribution < 1.29 is 13.2 Å². The monoisotopic (exact) mass is 311 g/mol. The molecule has 21 heavy (non-hydrogen) atoms. The van der Waals surface area contributed by atoms with Gasteiger partial charge in [-0.15, -0.1) is 0 Å². The fourth-order valence-electron chi connectivity index (χ4n) is 1.69. The number of hydrogen-bond donors (Lipinski definition) is 1. The number of sulfonamides is 1. The predicted molar refractivity (Wildman–Crippen MR) is 80.3 cm³/mol. The molecule has 0 saturated carbocycles. The molecule has 1 aromatic rings. The van der Waals surface area contributed by atoms with Gasteiger partial charge in [-0.1, -0.05) is 12.1 Å². The molecule has 0 saturated heterocycles. The third-order valence-corrected chi connectivity index (χ3v) is 4.46. The van der Waals surface area contributed by atoms with Gasteiger partial charge >= 0.3 is 0 Å². The lowest BCUT2D eigenvalue weighted by Crippen LogP contribution is -2.34. The fourth-order valence-corrected chi connectivity index (χ4v) is 2.71. The quantitative estimate of drug-likeness (QED) is 0.722. The van der Waals surface area contributed by atoms with Gasteiger partial charge < -0.3 is 9.64 Å². The lowest BCUT2D eigenvalue weighted by Gasteiger charge is -2.16. The number of ether oxygens (including phenoxy) is 1. The number of methoxy groups -OCH3 is 1. The van der Waals surface area contributed by atoms with E-state index in [2.05, 4.69) is 4.72 Å². The Morgan fingerprint density at radius 2 is 1.95 bits per heavy atom. The van der Waals surface area contributed by atoms with E-state index >= 15 is 0 Å². The maximum absolute atomic E-state index is 12.1. The topological polar surface area (TPSA) is 82.4 Å². The van der Waals surface area contributed by atoms with Crippen molar-refractivity contribution in [3.8, 4) is 6.07 Å². The van der Waals surface area contributed by atoms with Crippen LogP contribution < -0.4 is 4.72 Å². The van der Waals surface area contributed by atoms with Crippen molar-refractivity contribution in [3.63, 3.8) is 0 Å². The molecule has 6 nitrogen and oxygen atoms in total.